The average Bonchev–Trinajstić information content (AvgIpc) is 2.52. The highest BCUT2D eigenvalue weighted by atomic mass is 35.5. The van der Waals surface area contributed by atoms with E-state index >= 15 is 0 Å². The first kappa shape index (κ1) is 11.4. The lowest BCUT2D eigenvalue weighted by atomic mass is 10.4. The summed E-state index contributed by atoms with van der Waals surface area (Å²) < 4.78 is 5.29. The molecule has 0 bridgehead atoms. The van der Waals surface area contributed by atoms with Gasteiger partial charge in [-0.3, -0.25) is 0 Å². The summed E-state index contributed by atoms with van der Waals surface area (Å²) in [5.41, 5.74) is 0. The highest BCUT2D eigenvalue weighted by molar-refractivity contribution is 7.15. The number of hydrogen-bond acceptors (Lipinski definition) is 5. The van der Waals surface area contributed by atoms with Crippen LogP contribution in [0.5, 0.6) is 0 Å². The van der Waals surface area contributed by atoms with Crippen LogP contribution >= 0.6 is 22.9 Å². The van der Waals surface area contributed by atoms with E-state index in [1.54, 1.807) is 0 Å². The number of rotatable bonds is 5. The Balaban J connectivity index is 2.72. The van der Waals surface area contributed by atoms with Gasteiger partial charge in [-0.1, -0.05) is 11.6 Å². The van der Waals surface area contributed by atoms with Crippen molar-refractivity contribution in [3.8, 4) is 0 Å². The van der Waals surface area contributed by atoms with Gasteiger partial charge in [-0.05, 0) is 0 Å². The molecule has 0 aliphatic carbocycles. The molecule has 1 atom stereocenters. The van der Waals surface area contributed by atoms with E-state index in [2.05, 4.69) is 4.98 Å². The van der Waals surface area contributed by atoms with Crippen molar-refractivity contribution in [3.05, 3.63) is 15.5 Å². The molecule has 0 saturated heterocycles. The zero-order valence-corrected chi connectivity index (χ0v) is 8.59. The number of carbonyl (C=O) groups is 1. The van der Waals surface area contributed by atoms with Crippen LogP contribution in [0.4, 0.5) is 0 Å². The van der Waals surface area contributed by atoms with Gasteiger partial charge >= 0.3 is 5.97 Å². The molecule has 0 spiro atoms. The highest BCUT2D eigenvalue weighted by Crippen LogP contribution is 2.26. The fraction of sp³-hybridized carbons (Fsp3) is 0.429. The molecule has 0 saturated carbocycles. The number of aliphatic carboxylic acids is 1. The molecule has 1 unspecified atom stereocenters. The molecule has 1 heterocycles. The summed E-state index contributed by atoms with van der Waals surface area (Å²) in [6, 6.07) is 0. The van der Waals surface area contributed by atoms with E-state index in [0.717, 1.165) is 11.3 Å². The van der Waals surface area contributed by atoms with Gasteiger partial charge in [-0.2, -0.15) is 0 Å². The SMILES string of the molecule is O=C(O)C(OCCO)c1ncc(Cl)s1. The van der Waals surface area contributed by atoms with Gasteiger partial charge < -0.3 is 14.9 Å². The van der Waals surface area contributed by atoms with Crippen molar-refractivity contribution in [1.29, 1.82) is 0 Å². The molecule has 1 aromatic heterocycles. The fourth-order valence-corrected chi connectivity index (χ4v) is 1.78. The number of aliphatic hydroxyl groups is 1. The predicted molar refractivity (Wildman–Crippen MR) is 50.5 cm³/mol. The van der Waals surface area contributed by atoms with Crippen LogP contribution in [-0.2, 0) is 9.53 Å². The minimum Gasteiger partial charge on any atom is -0.479 e. The van der Waals surface area contributed by atoms with E-state index in [1.165, 1.54) is 6.20 Å². The smallest absolute Gasteiger partial charge is 0.340 e. The number of thiazole rings is 1. The molecule has 78 valence electrons. The first-order valence-electron chi connectivity index (χ1n) is 3.71. The second-order valence-electron chi connectivity index (χ2n) is 2.32. The predicted octanol–water partition coefficient (Wildman–Crippen LogP) is 0.931. The van der Waals surface area contributed by atoms with E-state index in [1.807, 2.05) is 0 Å². The van der Waals surface area contributed by atoms with Crippen LogP contribution in [0.25, 0.3) is 0 Å². The third-order valence-corrected chi connectivity index (χ3v) is 2.48. The Morgan fingerprint density at radius 3 is 2.93 bits per heavy atom. The number of aliphatic hydroxyl groups excluding tert-OH is 1. The Morgan fingerprint density at radius 1 is 1.79 bits per heavy atom. The number of aromatic nitrogens is 1. The molecule has 0 fully saturated rings. The summed E-state index contributed by atoms with van der Waals surface area (Å²) in [7, 11) is 0. The van der Waals surface area contributed by atoms with Crippen LogP contribution < -0.4 is 0 Å². The molecule has 0 aliphatic rings. The van der Waals surface area contributed by atoms with Crippen LogP contribution in [0.15, 0.2) is 6.20 Å². The van der Waals surface area contributed by atoms with Gasteiger partial charge in [0.25, 0.3) is 0 Å². The van der Waals surface area contributed by atoms with Crippen LogP contribution in [-0.4, -0.2) is 34.4 Å². The zero-order valence-electron chi connectivity index (χ0n) is 7.01. The molecule has 1 rings (SSSR count). The summed E-state index contributed by atoms with van der Waals surface area (Å²) in [6.07, 6.45) is 0.208. The Labute approximate surface area is 88.9 Å². The van der Waals surface area contributed by atoms with Crippen LogP contribution in [0, 0.1) is 0 Å². The van der Waals surface area contributed by atoms with Crippen molar-refractivity contribution in [2.75, 3.05) is 13.2 Å². The maximum Gasteiger partial charge on any atom is 0.340 e. The Morgan fingerprint density at radius 2 is 2.50 bits per heavy atom. The van der Waals surface area contributed by atoms with E-state index in [4.69, 9.17) is 26.6 Å². The summed E-state index contributed by atoms with van der Waals surface area (Å²) >= 11 is 6.64. The number of ether oxygens (including phenoxy) is 1. The largest absolute Gasteiger partial charge is 0.479 e. The van der Waals surface area contributed by atoms with E-state index in [9.17, 15) is 4.79 Å². The molecule has 2 N–H and O–H groups in total. The van der Waals surface area contributed by atoms with Crippen molar-refractivity contribution < 1.29 is 19.7 Å². The van der Waals surface area contributed by atoms with Crippen molar-refractivity contribution >= 4 is 28.9 Å². The number of nitrogens with zero attached hydrogens (tertiary/aromatic N) is 1. The summed E-state index contributed by atoms with van der Waals surface area (Å²) in [4.78, 5) is 14.5. The highest BCUT2D eigenvalue weighted by Gasteiger charge is 2.23. The number of carboxylic acids is 1. The Bertz CT molecular complexity index is 316. The molecular formula is C7H8ClNO4S. The number of halogens is 1. The van der Waals surface area contributed by atoms with Crippen molar-refractivity contribution in [1.82, 2.24) is 4.98 Å². The van der Waals surface area contributed by atoms with Gasteiger partial charge in [0.05, 0.1) is 19.4 Å². The number of carboxylic acid groups (broad SMARTS) is 1. The molecular weight excluding hydrogens is 230 g/mol. The quantitative estimate of drug-likeness (QED) is 0.797. The van der Waals surface area contributed by atoms with Crippen molar-refractivity contribution in [3.63, 3.8) is 0 Å². The van der Waals surface area contributed by atoms with Crippen LogP contribution in [0.2, 0.25) is 4.34 Å². The standard InChI is InChI=1S/C7H8ClNO4S/c8-4-3-9-6(14-4)5(7(11)12)13-2-1-10/h3,5,10H,1-2H2,(H,11,12). The van der Waals surface area contributed by atoms with Crippen molar-refractivity contribution in [2.24, 2.45) is 0 Å². The maximum absolute atomic E-state index is 10.7. The van der Waals surface area contributed by atoms with Gasteiger partial charge in [0.15, 0.2) is 0 Å². The lowest BCUT2D eigenvalue weighted by Crippen LogP contribution is -2.16. The van der Waals surface area contributed by atoms with E-state index in [0.29, 0.717) is 4.34 Å². The minimum absolute atomic E-state index is 0.0475. The molecule has 14 heavy (non-hydrogen) atoms. The molecule has 0 aromatic carbocycles. The Hall–Kier alpha value is -0.690. The molecule has 0 amide bonds. The average molecular weight is 238 g/mol. The number of hydrogen-bond donors (Lipinski definition) is 2. The molecule has 7 heteroatoms. The zero-order chi connectivity index (χ0) is 10.6. The molecule has 0 radical (unpaired) electrons. The summed E-state index contributed by atoms with van der Waals surface area (Å²) in [6.45, 7) is -0.281. The third kappa shape index (κ3) is 2.91. The topological polar surface area (TPSA) is 79.7 Å². The monoisotopic (exact) mass is 237 g/mol. The maximum atomic E-state index is 10.7. The van der Waals surface area contributed by atoms with Crippen molar-refractivity contribution in [2.45, 2.75) is 6.10 Å². The van der Waals surface area contributed by atoms with Gasteiger partial charge in [0.2, 0.25) is 6.10 Å². The van der Waals surface area contributed by atoms with E-state index < -0.39 is 12.1 Å². The first-order valence-corrected chi connectivity index (χ1v) is 4.91. The minimum atomic E-state index is -1.15. The molecule has 0 aliphatic heterocycles. The Kier molecular flexibility index (Phi) is 4.27. The lowest BCUT2D eigenvalue weighted by Gasteiger charge is -2.08. The van der Waals surface area contributed by atoms with E-state index in [-0.39, 0.29) is 18.2 Å². The van der Waals surface area contributed by atoms with Gasteiger partial charge in [-0.15, -0.1) is 11.3 Å². The van der Waals surface area contributed by atoms with Crippen LogP contribution in [0.3, 0.4) is 0 Å². The van der Waals surface area contributed by atoms with Gasteiger partial charge in [0, 0.05) is 0 Å². The molecule has 5 nitrogen and oxygen atoms in total. The second kappa shape index (κ2) is 5.26. The summed E-state index contributed by atoms with van der Waals surface area (Å²) in [5.74, 6) is -1.15. The normalized spacial score (nSPS) is 12.7. The lowest BCUT2D eigenvalue weighted by molar-refractivity contribution is -0.151. The first-order chi connectivity index (χ1) is 6.65. The molecule has 1 aromatic rings. The summed E-state index contributed by atoms with van der Waals surface area (Å²) in [5, 5.41) is 17.5. The van der Waals surface area contributed by atoms with Crippen LogP contribution in [0.1, 0.15) is 11.1 Å². The van der Waals surface area contributed by atoms with Gasteiger partial charge in [-0.25, -0.2) is 9.78 Å². The fourth-order valence-electron chi connectivity index (χ4n) is 0.807. The second-order valence-corrected chi connectivity index (χ2v) is 4.01. The third-order valence-electron chi connectivity index (χ3n) is 1.32. The van der Waals surface area contributed by atoms with Gasteiger partial charge in [0.1, 0.15) is 9.34 Å².